The molecule has 1 aliphatic heterocycles. The van der Waals surface area contributed by atoms with Crippen molar-refractivity contribution >= 4 is 5.97 Å². The molecule has 3 heteroatoms. The van der Waals surface area contributed by atoms with Crippen molar-refractivity contribution in [2.45, 2.75) is 72.8 Å². The number of esters is 1. The van der Waals surface area contributed by atoms with Crippen molar-refractivity contribution in [2.24, 2.45) is 17.3 Å². The monoisotopic (exact) mass is 284 g/mol. The van der Waals surface area contributed by atoms with Crippen LogP contribution in [0.25, 0.3) is 0 Å². The van der Waals surface area contributed by atoms with Crippen LogP contribution >= 0.6 is 0 Å². The van der Waals surface area contributed by atoms with Crippen LogP contribution in [0.15, 0.2) is 0 Å². The van der Waals surface area contributed by atoms with Crippen molar-refractivity contribution in [3.8, 4) is 0 Å². The van der Waals surface area contributed by atoms with E-state index in [1.807, 2.05) is 0 Å². The van der Waals surface area contributed by atoms with E-state index in [2.05, 4.69) is 41.5 Å². The van der Waals surface area contributed by atoms with Crippen molar-refractivity contribution in [2.75, 3.05) is 13.2 Å². The van der Waals surface area contributed by atoms with Crippen LogP contribution in [0.3, 0.4) is 0 Å². The smallest absolute Gasteiger partial charge is 0.312 e. The highest BCUT2D eigenvalue weighted by molar-refractivity contribution is 5.77. The summed E-state index contributed by atoms with van der Waals surface area (Å²) in [6.45, 7) is 14.1. The molecule has 0 saturated carbocycles. The summed E-state index contributed by atoms with van der Waals surface area (Å²) in [4.78, 5) is 12.8. The van der Waals surface area contributed by atoms with Crippen LogP contribution < -0.4 is 0 Å². The third-order valence-electron chi connectivity index (χ3n) is 4.93. The second-order valence-corrected chi connectivity index (χ2v) is 7.21. The summed E-state index contributed by atoms with van der Waals surface area (Å²) in [7, 11) is 0. The van der Waals surface area contributed by atoms with Gasteiger partial charge in [-0.3, -0.25) is 4.79 Å². The van der Waals surface area contributed by atoms with Crippen LogP contribution in [0.5, 0.6) is 0 Å². The Labute approximate surface area is 124 Å². The lowest BCUT2D eigenvalue weighted by atomic mass is 9.73. The summed E-state index contributed by atoms with van der Waals surface area (Å²) in [6.07, 6.45) is 3.40. The van der Waals surface area contributed by atoms with Gasteiger partial charge in [-0.2, -0.15) is 0 Å². The Morgan fingerprint density at radius 1 is 1.25 bits per heavy atom. The Balaban J connectivity index is 2.84. The van der Waals surface area contributed by atoms with Crippen molar-refractivity contribution in [1.29, 1.82) is 0 Å². The van der Waals surface area contributed by atoms with Gasteiger partial charge in [0.2, 0.25) is 0 Å². The highest BCUT2D eigenvalue weighted by Crippen LogP contribution is 2.39. The second kappa shape index (κ2) is 6.93. The summed E-state index contributed by atoms with van der Waals surface area (Å²) in [5.41, 5.74) is -0.697. The third kappa shape index (κ3) is 3.97. The highest BCUT2D eigenvalue weighted by atomic mass is 16.6. The zero-order valence-corrected chi connectivity index (χ0v) is 14.1. The SMILES string of the molecule is CCC1(OC(=O)C(C)(CC(C)C)C(C)C)CCOCC1. The number of hydrogen-bond donors (Lipinski definition) is 0. The summed E-state index contributed by atoms with van der Waals surface area (Å²) in [5, 5.41) is 0. The Hall–Kier alpha value is -0.570. The van der Waals surface area contributed by atoms with Crippen LogP contribution in [0.4, 0.5) is 0 Å². The number of carbonyl (C=O) groups excluding carboxylic acids is 1. The molecule has 20 heavy (non-hydrogen) atoms. The van der Waals surface area contributed by atoms with Crippen molar-refractivity contribution in [1.82, 2.24) is 0 Å². The van der Waals surface area contributed by atoms with Gasteiger partial charge in [0.25, 0.3) is 0 Å². The molecule has 0 aromatic carbocycles. The number of carbonyl (C=O) groups is 1. The summed E-state index contributed by atoms with van der Waals surface area (Å²) in [6, 6.07) is 0. The molecule has 0 spiro atoms. The van der Waals surface area contributed by atoms with Crippen molar-refractivity contribution < 1.29 is 14.3 Å². The van der Waals surface area contributed by atoms with E-state index in [9.17, 15) is 4.79 Å². The van der Waals surface area contributed by atoms with Gasteiger partial charge < -0.3 is 9.47 Å². The van der Waals surface area contributed by atoms with Crippen molar-refractivity contribution in [3.63, 3.8) is 0 Å². The lowest BCUT2D eigenvalue weighted by Crippen LogP contribution is -2.46. The average molecular weight is 284 g/mol. The van der Waals surface area contributed by atoms with E-state index in [1.54, 1.807) is 0 Å². The zero-order valence-electron chi connectivity index (χ0n) is 14.1. The van der Waals surface area contributed by atoms with Gasteiger partial charge in [0.1, 0.15) is 5.60 Å². The summed E-state index contributed by atoms with van der Waals surface area (Å²) >= 11 is 0. The summed E-state index contributed by atoms with van der Waals surface area (Å²) in [5.74, 6) is 0.748. The molecule has 0 amide bonds. The van der Waals surface area contributed by atoms with Gasteiger partial charge in [0.15, 0.2) is 0 Å². The molecule has 118 valence electrons. The first-order chi connectivity index (χ1) is 9.26. The molecule has 1 fully saturated rings. The number of ether oxygens (including phenoxy) is 2. The minimum absolute atomic E-state index is 0.0232. The molecule has 0 aliphatic carbocycles. The average Bonchev–Trinajstić information content (AvgIpc) is 2.38. The van der Waals surface area contributed by atoms with E-state index in [1.165, 1.54) is 0 Å². The predicted octanol–water partition coefficient (Wildman–Crippen LogP) is 4.20. The minimum atomic E-state index is -0.394. The van der Waals surface area contributed by atoms with Gasteiger partial charge in [-0.15, -0.1) is 0 Å². The lowest BCUT2D eigenvalue weighted by Gasteiger charge is -2.41. The first-order valence-corrected chi connectivity index (χ1v) is 8.07. The van der Waals surface area contributed by atoms with E-state index < -0.39 is 5.41 Å². The Bertz CT molecular complexity index is 316. The topological polar surface area (TPSA) is 35.5 Å². The normalized spacial score (nSPS) is 21.8. The van der Waals surface area contributed by atoms with Crippen LogP contribution in [-0.2, 0) is 14.3 Å². The fourth-order valence-electron chi connectivity index (χ4n) is 2.99. The lowest BCUT2D eigenvalue weighted by molar-refractivity contribution is -0.185. The molecule has 0 N–H and O–H groups in total. The van der Waals surface area contributed by atoms with Gasteiger partial charge in [-0.05, 0) is 31.6 Å². The number of hydrogen-bond acceptors (Lipinski definition) is 3. The fraction of sp³-hybridized carbons (Fsp3) is 0.941. The van der Waals surface area contributed by atoms with E-state index in [0.29, 0.717) is 19.1 Å². The molecule has 1 saturated heterocycles. The molecule has 1 aliphatic rings. The van der Waals surface area contributed by atoms with Gasteiger partial charge in [0, 0.05) is 12.8 Å². The van der Waals surface area contributed by atoms with E-state index in [0.717, 1.165) is 25.7 Å². The predicted molar refractivity (Wildman–Crippen MR) is 81.6 cm³/mol. The summed E-state index contributed by atoms with van der Waals surface area (Å²) < 4.78 is 11.5. The van der Waals surface area contributed by atoms with E-state index in [-0.39, 0.29) is 17.5 Å². The molecular formula is C17H32O3. The molecule has 3 nitrogen and oxygen atoms in total. The van der Waals surface area contributed by atoms with Crippen LogP contribution in [0.1, 0.15) is 67.2 Å². The molecule has 0 aromatic heterocycles. The maximum absolute atomic E-state index is 12.8. The molecule has 0 bridgehead atoms. The van der Waals surface area contributed by atoms with Crippen molar-refractivity contribution in [3.05, 3.63) is 0 Å². The van der Waals surface area contributed by atoms with Gasteiger partial charge >= 0.3 is 5.97 Å². The maximum atomic E-state index is 12.8. The molecule has 1 rings (SSSR count). The first kappa shape index (κ1) is 17.5. The quantitative estimate of drug-likeness (QED) is 0.686. The van der Waals surface area contributed by atoms with Crippen LogP contribution in [-0.4, -0.2) is 24.8 Å². The standard InChI is InChI=1S/C17H32O3/c1-7-17(8-10-19-11-9-17)20-15(18)16(6,14(4)5)12-13(2)3/h13-14H,7-12H2,1-6H3. The second-order valence-electron chi connectivity index (χ2n) is 7.21. The third-order valence-corrected chi connectivity index (χ3v) is 4.93. The first-order valence-electron chi connectivity index (χ1n) is 8.07. The van der Waals surface area contributed by atoms with E-state index >= 15 is 0 Å². The minimum Gasteiger partial charge on any atom is -0.458 e. The Morgan fingerprint density at radius 3 is 2.20 bits per heavy atom. The zero-order chi connectivity index (χ0) is 15.4. The Morgan fingerprint density at radius 2 is 1.80 bits per heavy atom. The van der Waals surface area contributed by atoms with Gasteiger partial charge in [-0.1, -0.05) is 34.6 Å². The number of rotatable bonds is 6. The van der Waals surface area contributed by atoms with Gasteiger partial charge in [0.05, 0.1) is 18.6 Å². The molecular weight excluding hydrogens is 252 g/mol. The molecule has 0 aromatic rings. The maximum Gasteiger partial charge on any atom is 0.312 e. The Kier molecular flexibility index (Phi) is 6.06. The largest absolute Gasteiger partial charge is 0.458 e. The molecule has 0 radical (unpaired) electrons. The highest BCUT2D eigenvalue weighted by Gasteiger charge is 2.43. The molecule has 1 unspecified atom stereocenters. The molecule has 1 atom stereocenters. The van der Waals surface area contributed by atoms with Crippen LogP contribution in [0.2, 0.25) is 0 Å². The fourth-order valence-corrected chi connectivity index (χ4v) is 2.99. The van der Waals surface area contributed by atoms with Gasteiger partial charge in [-0.25, -0.2) is 0 Å². The van der Waals surface area contributed by atoms with E-state index in [4.69, 9.17) is 9.47 Å². The van der Waals surface area contributed by atoms with Crippen LogP contribution in [0, 0.1) is 17.3 Å². The molecule has 1 heterocycles.